The van der Waals surface area contributed by atoms with Gasteiger partial charge in [0.1, 0.15) is 12.3 Å². The molecule has 30 heavy (non-hydrogen) atoms. The molecule has 0 bridgehead atoms. The van der Waals surface area contributed by atoms with Crippen LogP contribution in [-0.4, -0.2) is 73.9 Å². The lowest BCUT2D eigenvalue weighted by Crippen LogP contribution is -2.46. The largest absolute Gasteiger partial charge is 0.469 e. The van der Waals surface area contributed by atoms with Crippen molar-refractivity contribution in [2.75, 3.05) is 40.3 Å². The average molecular weight is 531 g/mol. The zero-order valence-electron chi connectivity index (χ0n) is 17.9. The summed E-state index contributed by atoms with van der Waals surface area (Å²) in [6, 6.07) is 3.95. The molecule has 1 aromatic rings. The van der Waals surface area contributed by atoms with Crippen LogP contribution in [0, 0.1) is 5.92 Å². The molecule has 3 rings (SSSR count). The molecule has 0 radical (unpaired) electrons. The molecule has 1 saturated carbocycles. The van der Waals surface area contributed by atoms with Crippen LogP contribution in [0.4, 0.5) is 0 Å². The number of carbonyl (C=O) groups excluding carboxylic acids is 2. The van der Waals surface area contributed by atoms with Crippen molar-refractivity contribution in [3.05, 3.63) is 24.2 Å². The molecule has 1 aromatic heterocycles. The molecular formula is C21H34IN5O3. The van der Waals surface area contributed by atoms with E-state index in [2.05, 4.69) is 15.6 Å². The van der Waals surface area contributed by atoms with Gasteiger partial charge in [-0.1, -0.05) is 12.8 Å². The summed E-state index contributed by atoms with van der Waals surface area (Å²) in [7, 11) is 3.44. The average Bonchev–Trinajstić information content (AvgIpc) is 3.47. The van der Waals surface area contributed by atoms with Gasteiger partial charge >= 0.3 is 0 Å². The van der Waals surface area contributed by atoms with Gasteiger partial charge in [0.25, 0.3) is 0 Å². The number of likely N-dealkylation sites (N-methyl/N-ethyl adjacent to an activating group) is 1. The molecule has 8 nitrogen and oxygen atoms in total. The van der Waals surface area contributed by atoms with Crippen LogP contribution in [0.3, 0.4) is 0 Å². The van der Waals surface area contributed by atoms with Crippen molar-refractivity contribution in [2.45, 2.75) is 44.6 Å². The number of aliphatic imine (C=N–C) groups is 1. The van der Waals surface area contributed by atoms with Crippen molar-refractivity contribution in [3.63, 3.8) is 0 Å². The van der Waals surface area contributed by atoms with Crippen LogP contribution in [0.5, 0.6) is 0 Å². The fraction of sp³-hybridized carbons (Fsp3) is 0.667. The second kappa shape index (κ2) is 12.2. The van der Waals surface area contributed by atoms with Gasteiger partial charge in [-0.15, -0.1) is 24.0 Å². The minimum absolute atomic E-state index is 0. The Bertz CT molecular complexity index is 702. The molecule has 2 heterocycles. The molecular weight excluding hydrogens is 497 g/mol. The van der Waals surface area contributed by atoms with Crippen molar-refractivity contribution >= 4 is 41.8 Å². The number of hydrogen-bond donors (Lipinski definition) is 2. The van der Waals surface area contributed by atoms with E-state index in [0.717, 1.165) is 38.0 Å². The van der Waals surface area contributed by atoms with Crippen LogP contribution in [0.15, 0.2) is 27.8 Å². The smallest absolute Gasteiger partial charge is 0.243 e. The Morgan fingerprint density at radius 2 is 2.03 bits per heavy atom. The minimum atomic E-state index is -0.0541. The first-order chi connectivity index (χ1) is 14.0. The van der Waals surface area contributed by atoms with E-state index in [0.29, 0.717) is 25.0 Å². The molecule has 9 heteroatoms. The van der Waals surface area contributed by atoms with Crippen molar-refractivity contribution in [1.29, 1.82) is 0 Å². The molecule has 2 amide bonds. The Morgan fingerprint density at radius 1 is 1.27 bits per heavy atom. The number of amides is 2. The van der Waals surface area contributed by atoms with Gasteiger partial charge in [-0.05, 0) is 31.4 Å². The quantitative estimate of drug-likeness (QED) is 0.319. The van der Waals surface area contributed by atoms with Crippen molar-refractivity contribution in [2.24, 2.45) is 10.9 Å². The zero-order valence-corrected chi connectivity index (χ0v) is 20.3. The summed E-state index contributed by atoms with van der Waals surface area (Å²) in [6.45, 7) is 2.20. The number of nitrogens with one attached hydrogen (secondary N) is 2. The predicted molar refractivity (Wildman–Crippen MR) is 127 cm³/mol. The van der Waals surface area contributed by atoms with Crippen molar-refractivity contribution in [3.8, 4) is 0 Å². The van der Waals surface area contributed by atoms with Crippen LogP contribution in [0.2, 0.25) is 0 Å². The lowest BCUT2D eigenvalue weighted by molar-refractivity contribution is -0.134. The van der Waals surface area contributed by atoms with Crippen LogP contribution in [0.25, 0.3) is 0 Å². The maximum atomic E-state index is 12.7. The summed E-state index contributed by atoms with van der Waals surface area (Å²) in [4.78, 5) is 32.6. The fourth-order valence-electron chi connectivity index (χ4n) is 3.90. The summed E-state index contributed by atoms with van der Waals surface area (Å²) in [5.41, 5.74) is 0. The van der Waals surface area contributed by atoms with Gasteiger partial charge in [0, 0.05) is 52.1 Å². The Hall–Kier alpha value is -1.78. The van der Waals surface area contributed by atoms with Gasteiger partial charge < -0.3 is 24.9 Å². The Labute approximate surface area is 195 Å². The van der Waals surface area contributed by atoms with Crippen molar-refractivity contribution in [1.82, 2.24) is 20.4 Å². The fourth-order valence-corrected chi connectivity index (χ4v) is 3.90. The Kier molecular flexibility index (Phi) is 9.93. The van der Waals surface area contributed by atoms with E-state index in [4.69, 9.17) is 4.42 Å². The monoisotopic (exact) mass is 531 g/mol. The number of rotatable bonds is 7. The van der Waals surface area contributed by atoms with Crippen molar-refractivity contribution < 1.29 is 14.0 Å². The minimum Gasteiger partial charge on any atom is -0.469 e. The lowest BCUT2D eigenvalue weighted by atomic mass is 10.1. The third kappa shape index (κ3) is 7.17. The molecule has 168 valence electrons. The maximum absolute atomic E-state index is 12.7. The molecule has 2 fully saturated rings. The lowest BCUT2D eigenvalue weighted by Gasteiger charge is -2.21. The standard InChI is InChI=1S/C21H33N5O3.HI/c1-25(2)19(27)14-23-21(22-11-9-18-8-5-13-29-18)24-17-10-12-26(15-17)20(28)16-6-3-4-7-16;/h5,8,13,16-17H,3-4,6-7,9-12,14-15H2,1-2H3,(H2,22,23,24);1H. The summed E-state index contributed by atoms with van der Waals surface area (Å²) >= 11 is 0. The highest BCUT2D eigenvalue weighted by molar-refractivity contribution is 14.0. The van der Waals surface area contributed by atoms with E-state index < -0.39 is 0 Å². The summed E-state index contributed by atoms with van der Waals surface area (Å²) in [5.74, 6) is 1.97. The number of carbonyl (C=O) groups is 2. The first-order valence-corrected chi connectivity index (χ1v) is 10.6. The highest BCUT2D eigenvalue weighted by Gasteiger charge is 2.32. The summed E-state index contributed by atoms with van der Waals surface area (Å²) < 4.78 is 5.36. The second-order valence-corrected chi connectivity index (χ2v) is 8.10. The Morgan fingerprint density at radius 3 is 2.70 bits per heavy atom. The van der Waals surface area contributed by atoms with Crippen LogP contribution >= 0.6 is 24.0 Å². The molecule has 1 unspecified atom stereocenters. The normalized spacial score (nSPS) is 19.5. The van der Waals surface area contributed by atoms with Crippen LogP contribution < -0.4 is 10.6 Å². The van der Waals surface area contributed by atoms with E-state index >= 15 is 0 Å². The summed E-state index contributed by atoms with van der Waals surface area (Å²) in [6.07, 6.45) is 7.67. The topological polar surface area (TPSA) is 90.2 Å². The van der Waals surface area contributed by atoms with Gasteiger partial charge in [-0.2, -0.15) is 0 Å². The SMILES string of the molecule is CN(C)C(=O)CN=C(NCCc1ccco1)NC1CCN(C(=O)C2CCCC2)C1.I. The highest BCUT2D eigenvalue weighted by atomic mass is 127. The van der Waals surface area contributed by atoms with E-state index in [1.165, 1.54) is 17.7 Å². The van der Waals surface area contributed by atoms with Gasteiger partial charge in [0.2, 0.25) is 11.8 Å². The number of halogens is 1. The van der Waals surface area contributed by atoms with Gasteiger partial charge in [0.05, 0.1) is 6.26 Å². The summed E-state index contributed by atoms with van der Waals surface area (Å²) in [5, 5.41) is 6.69. The molecule has 1 aliphatic heterocycles. The molecule has 0 spiro atoms. The number of guanidine groups is 1. The van der Waals surface area contributed by atoms with E-state index in [-0.39, 0.29) is 48.4 Å². The third-order valence-corrected chi connectivity index (χ3v) is 5.66. The number of hydrogen-bond acceptors (Lipinski definition) is 4. The first kappa shape index (κ1) is 24.5. The number of likely N-dealkylation sites (tertiary alicyclic amines) is 1. The Balaban J connectivity index is 0.00000320. The number of furan rings is 1. The number of nitrogens with zero attached hydrogens (tertiary/aromatic N) is 3. The second-order valence-electron chi connectivity index (χ2n) is 8.10. The molecule has 2 aliphatic rings. The molecule has 0 aromatic carbocycles. The van der Waals surface area contributed by atoms with Gasteiger partial charge in [-0.25, -0.2) is 4.99 Å². The molecule has 1 aliphatic carbocycles. The maximum Gasteiger partial charge on any atom is 0.243 e. The highest BCUT2D eigenvalue weighted by Crippen LogP contribution is 2.27. The third-order valence-electron chi connectivity index (χ3n) is 5.66. The van der Waals surface area contributed by atoms with Gasteiger partial charge in [-0.3, -0.25) is 9.59 Å². The molecule has 2 N–H and O–H groups in total. The van der Waals surface area contributed by atoms with E-state index in [1.807, 2.05) is 17.0 Å². The van der Waals surface area contributed by atoms with Gasteiger partial charge in [0.15, 0.2) is 5.96 Å². The zero-order chi connectivity index (χ0) is 20.6. The van der Waals surface area contributed by atoms with E-state index in [9.17, 15) is 9.59 Å². The van der Waals surface area contributed by atoms with Crippen LogP contribution in [-0.2, 0) is 16.0 Å². The van der Waals surface area contributed by atoms with E-state index in [1.54, 1.807) is 20.4 Å². The molecule has 1 atom stereocenters. The first-order valence-electron chi connectivity index (χ1n) is 10.6. The predicted octanol–water partition coefficient (Wildman–Crippen LogP) is 1.85. The van der Waals surface area contributed by atoms with Crippen LogP contribution in [0.1, 0.15) is 37.9 Å². The molecule has 1 saturated heterocycles.